The Morgan fingerprint density at radius 3 is 2.58 bits per heavy atom. The molecule has 0 fully saturated rings. The lowest BCUT2D eigenvalue weighted by molar-refractivity contribution is 0.104. The molecule has 0 unspecified atom stereocenters. The van der Waals surface area contributed by atoms with Crippen LogP contribution in [0.2, 0.25) is 0 Å². The Balaban J connectivity index is 2.02. The van der Waals surface area contributed by atoms with Gasteiger partial charge in [0.1, 0.15) is 11.5 Å². The highest BCUT2D eigenvalue weighted by Crippen LogP contribution is 2.25. The molecule has 24 heavy (non-hydrogen) atoms. The maximum Gasteiger partial charge on any atom is 0.185 e. The zero-order chi connectivity index (χ0) is 17.5. The first-order valence-corrected chi connectivity index (χ1v) is 8.33. The van der Waals surface area contributed by atoms with Crippen molar-refractivity contribution < 1.29 is 14.6 Å². The van der Waals surface area contributed by atoms with Crippen LogP contribution in [0, 0.1) is 0 Å². The fourth-order valence-corrected chi connectivity index (χ4v) is 2.24. The number of carbonyl (C=O) groups excluding carboxylic acids is 1. The van der Waals surface area contributed by atoms with Crippen molar-refractivity contribution in [1.29, 1.82) is 0 Å². The average Bonchev–Trinajstić information content (AvgIpc) is 2.54. The van der Waals surface area contributed by atoms with E-state index in [0.29, 0.717) is 23.5 Å². The lowest BCUT2D eigenvalue weighted by Crippen LogP contribution is -1.97. The van der Waals surface area contributed by atoms with Crippen LogP contribution in [0.25, 0.3) is 6.08 Å². The number of rotatable bonds is 7. The molecule has 1 N–H and O–H groups in total. The fraction of sp³-hybridized carbons (Fsp3) is 0.150. The zero-order valence-corrected chi connectivity index (χ0v) is 15.0. The number of halogens is 1. The van der Waals surface area contributed by atoms with E-state index < -0.39 is 0 Å². The summed E-state index contributed by atoms with van der Waals surface area (Å²) in [5.74, 6) is 0.538. The predicted octanol–water partition coefficient (Wildman–Crippen LogP) is 5.40. The summed E-state index contributed by atoms with van der Waals surface area (Å²) in [6.07, 6.45) is 3.81. The molecule has 2 rings (SSSR count). The quantitative estimate of drug-likeness (QED) is 0.393. The fourth-order valence-electron chi connectivity index (χ4n) is 1.97. The minimum atomic E-state index is -0.122. The van der Waals surface area contributed by atoms with Crippen molar-refractivity contribution in [3.63, 3.8) is 0 Å². The summed E-state index contributed by atoms with van der Waals surface area (Å²) in [7, 11) is 0. The molecule has 0 radical (unpaired) electrons. The van der Waals surface area contributed by atoms with Crippen molar-refractivity contribution in [3.8, 4) is 11.5 Å². The number of phenolic OH excluding ortho intramolecular Hbond substituents is 1. The lowest BCUT2D eigenvalue weighted by atomic mass is 10.1. The number of aromatic hydroxyl groups is 1. The Labute approximate surface area is 150 Å². The van der Waals surface area contributed by atoms with E-state index in [0.717, 1.165) is 16.5 Å². The molecular weight excluding hydrogens is 368 g/mol. The topological polar surface area (TPSA) is 46.5 Å². The molecule has 0 aliphatic rings. The molecular formula is C20H19BrO3. The van der Waals surface area contributed by atoms with E-state index in [1.165, 1.54) is 6.08 Å². The first kappa shape index (κ1) is 18.0. The normalized spacial score (nSPS) is 10.8. The summed E-state index contributed by atoms with van der Waals surface area (Å²) in [5.41, 5.74) is 2.20. The van der Waals surface area contributed by atoms with Gasteiger partial charge in [-0.1, -0.05) is 21.5 Å². The second-order valence-corrected chi connectivity index (χ2v) is 6.40. The van der Waals surface area contributed by atoms with Crippen LogP contribution in [0.5, 0.6) is 11.5 Å². The van der Waals surface area contributed by atoms with Gasteiger partial charge < -0.3 is 9.84 Å². The molecule has 0 amide bonds. The van der Waals surface area contributed by atoms with Crippen LogP contribution in [0.1, 0.15) is 29.3 Å². The van der Waals surface area contributed by atoms with Gasteiger partial charge >= 0.3 is 0 Å². The third-order valence-electron chi connectivity index (χ3n) is 3.34. The summed E-state index contributed by atoms with van der Waals surface area (Å²) < 4.78 is 6.46. The van der Waals surface area contributed by atoms with E-state index in [-0.39, 0.29) is 11.5 Å². The SMILES string of the molecule is C=C(C)CCOc1ccc(/C=C/C(=O)c2ccc(Br)cc2)c(O)c1. The Kier molecular flexibility index (Phi) is 6.38. The van der Waals surface area contributed by atoms with Gasteiger partial charge in [0.15, 0.2) is 5.78 Å². The Morgan fingerprint density at radius 1 is 1.25 bits per heavy atom. The maximum atomic E-state index is 12.1. The lowest BCUT2D eigenvalue weighted by Gasteiger charge is -2.07. The molecule has 0 saturated carbocycles. The van der Waals surface area contributed by atoms with Crippen LogP contribution in [0.3, 0.4) is 0 Å². The van der Waals surface area contributed by atoms with Crippen molar-refractivity contribution in [2.45, 2.75) is 13.3 Å². The summed E-state index contributed by atoms with van der Waals surface area (Å²) in [5, 5.41) is 10.1. The van der Waals surface area contributed by atoms with Crippen LogP contribution in [-0.4, -0.2) is 17.5 Å². The molecule has 3 nitrogen and oxygen atoms in total. The molecule has 124 valence electrons. The maximum absolute atomic E-state index is 12.1. The molecule has 2 aromatic rings. The number of benzene rings is 2. The van der Waals surface area contributed by atoms with Crippen LogP contribution in [0.4, 0.5) is 0 Å². The van der Waals surface area contributed by atoms with E-state index in [1.807, 2.05) is 19.1 Å². The zero-order valence-electron chi connectivity index (χ0n) is 13.5. The Hall–Kier alpha value is -2.33. The summed E-state index contributed by atoms with van der Waals surface area (Å²) in [6.45, 7) is 6.28. The molecule has 0 aliphatic carbocycles. The third-order valence-corrected chi connectivity index (χ3v) is 3.87. The number of phenols is 1. The first-order chi connectivity index (χ1) is 11.5. The number of hydrogen-bond acceptors (Lipinski definition) is 3. The predicted molar refractivity (Wildman–Crippen MR) is 101 cm³/mol. The molecule has 0 aliphatic heterocycles. The van der Waals surface area contributed by atoms with Crippen molar-refractivity contribution in [1.82, 2.24) is 0 Å². The number of allylic oxidation sites excluding steroid dienone is 1. The van der Waals surface area contributed by atoms with Gasteiger partial charge in [-0.15, -0.1) is 6.58 Å². The smallest absolute Gasteiger partial charge is 0.185 e. The molecule has 0 spiro atoms. The van der Waals surface area contributed by atoms with Crippen molar-refractivity contribution >= 4 is 27.8 Å². The summed E-state index contributed by atoms with van der Waals surface area (Å²) in [4.78, 5) is 12.1. The summed E-state index contributed by atoms with van der Waals surface area (Å²) >= 11 is 3.33. The monoisotopic (exact) mass is 386 g/mol. The number of hydrogen-bond donors (Lipinski definition) is 1. The molecule has 0 heterocycles. The second-order valence-electron chi connectivity index (χ2n) is 5.48. The average molecular weight is 387 g/mol. The van der Waals surface area contributed by atoms with Gasteiger partial charge in [-0.2, -0.15) is 0 Å². The van der Waals surface area contributed by atoms with Crippen LogP contribution < -0.4 is 4.74 Å². The van der Waals surface area contributed by atoms with Gasteiger partial charge in [-0.05, 0) is 55.5 Å². The van der Waals surface area contributed by atoms with Crippen molar-refractivity contribution in [2.75, 3.05) is 6.61 Å². The van der Waals surface area contributed by atoms with Gasteiger partial charge in [0, 0.05) is 28.1 Å². The molecule has 4 heteroatoms. The van der Waals surface area contributed by atoms with Gasteiger partial charge in [0.2, 0.25) is 0 Å². The van der Waals surface area contributed by atoms with E-state index >= 15 is 0 Å². The largest absolute Gasteiger partial charge is 0.507 e. The first-order valence-electron chi connectivity index (χ1n) is 7.54. The molecule has 2 aromatic carbocycles. The van der Waals surface area contributed by atoms with E-state index in [9.17, 15) is 9.90 Å². The van der Waals surface area contributed by atoms with Gasteiger partial charge in [0.05, 0.1) is 6.61 Å². The van der Waals surface area contributed by atoms with E-state index in [1.54, 1.807) is 36.4 Å². The Bertz CT molecular complexity index is 761. The van der Waals surface area contributed by atoms with E-state index in [2.05, 4.69) is 22.5 Å². The minimum Gasteiger partial charge on any atom is -0.507 e. The summed E-state index contributed by atoms with van der Waals surface area (Å²) in [6, 6.07) is 12.1. The minimum absolute atomic E-state index is 0.0719. The van der Waals surface area contributed by atoms with Crippen molar-refractivity contribution in [2.24, 2.45) is 0 Å². The molecule has 0 aromatic heterocycles. The standard InChI is InChI=1S/C20H19BrO3/c1-14(2)11-12-24-18-9-5-16(20(23)13-18)6-10-19(22)15-3-7-17(21)8-4-15/h3-10,13,23H,1,11-12H2,2H3/b10-6+. The van der Waals surface area contributed by atoms with Gasteiger partial charge in [-0.25, -0.2) is 0 Å². The third kappa shape index (κ3) is 5.39. The van der Waals surface area contributed by atoms with Crippen LogP contribution in [0.15, 0.2) is 65.2 Å². The van der Waals surface area contributed by atoms with Crippen LogP contribution >= 0.6 is 15.9 Å². The highest BCUT2D eigenvalue weighted by atomic mass is 79.9. The van der Waals surface area contributed by atoms with Crippen molar-refractivity contribution in [3.05, 3.63) is 76.3 Å². The Morgan fingerprint density at radius 2 is 1.96 bits per heavy atom. The second kappa shape index (κ2) is 8.50. The van der Waals surface area contributed by atoms with E-state index in [4.69, 9.17) is 4.74 Å². The highest BCUT2D eigenvalue weighted by molar-refractivity contribution is 9.10. The highest BCUT2D eigenvalue weighted by Gasteiger charge is 2.04. The number of ketones is 1. The van der Waals surface area contributed by atoms with Gasteiger partial charge in [0.25, 0.3) is 0 Å². The molecule has 0 atom stereocenters. The van der Waals surface area contributed by atoms with Crippen LogP contribution in [-0.2, 0) is 0 Å². The number of carbonyl (C=O) groups is 1. The molecule has 0 saturated heterocycles. The number of ether oxygens (including phenoxy) is 1. The van der Waals surface area contributed by atoms with Gasteiger partial charge in [-0.3, -0.25) is 4.79 Å². The molecule has 0 bridgehead atoms.